The lowest BCUT2D eigenvalue weighted by Gasteiger charge is -1.99. The summed E-state index contributed by atoms with van der Waals surface area (Å²) in [6.07, 6.45) is 0. The van der Waals surface area contributed by atoms with Crippen LogP contribution in [0.4, 0.5) is 14.5 Å². The fraction of sp³-hybridized carbons (Fsp3) is 0.143. The second-order valence-electron chi connectivity index (χ2n) is 2.30. The summed E-state index contributed by atoms with van der Waals surface area (Å²) < 4.78 is 25.0. The van der Waals surface area contributed by atoms with Gasteiger partial charge in [0.1, 0.15) is 6.67 Å². The van der Waals surface area contributed by atoms with Gasteiger partial charge in [0, 0.05) is 6.07 Å². The van der Waals surface area contributed by atoms with Crippen LogP contribution in [-0.4, -0.2) is 4.92 Å². The van der Waals surface area contributed by atoms with E-state index in [4.69, 9.17) is 0 Å². The first-order chi connectivity index (χ1) is 6.06. The third-order valence-electron chi connectivity index (χ3n) is 1.42. The van der Waals surface area contributed by atoms with E-state index in [2.05, 4.69) is 15.9 Å². The minimum absolute atomic E-state index is 0.0694. The molecule has 3 nitrogen and oxygen atoms in total. The zero-order valence-electron chi connectivity index (χ0n) is 6.26. The second kappa shape index (κ2) is 3.78. The maximum absolute atomic E-state index is 13.0. The van der Waals surface area contributed by atoms with Crippen LogP contribution < -0.4 is 0 Å². The molecule has 70 valence electrons. The molecule has 0 aromatic heterocycles. The van der Waals surface area contributed by atoms with Crippen molar-refractivity contribution in [3.63, 3.8) is 0 Å². The summed E-state index contributed by atoms with van der Waals surface area (Å²) in [7, 11) is 0. The number of nitro benzene ring substituents is 1. The highest BCUT2D eigenvalue weighted by atomic mass is 79.9. The van der Waals surface area contributed by atoms with E-state index in [-0.39, 0.29) is 10.0 Å². The third-order valence-corrected chi connectivity index (χ3v) is 2.00. The first-order valence-corrected chi connectivity index (χ1v) is 4.04. The van der Waals surface area contributed by atoms with Gasteiger partial charge in [0.05, 0.1) is 9.40 Å². The minimum Gasteiger partial charge on any atom is -0.258 e. The number of nitro groups is 1. The Kier molecular flexibility index (Phi) is 2.92. The first kappa shape index (κ1) is 10.0. The van der Waals surface area contributed by atoms with Gasteiger partial charge in [0.2, 0.25) is 5.82 Å². The molecule has 0 radical (unpaired) electrons. The van der Waals surface area contributed by atoms with Gasteiger partial charge >= 0.3 is 5.69 Å². The monoisotopic (exact) mass is 251 g/mol. The molecule has 6 heteroatoms. The van der Waals surface area contributed by atoms with E-state index in [1.807, 2.05) is 0 Å². The zero-order chi connectivity index (χ0) is 10.0. The molecule has 0 saturated carbocycles. The summed E-state index contributed by atoms with van der Waals surface area (Å²) in [6.45, 7) is -0.861. The van der Waals surface area contributed by atoms with Crippen molar-refractivity contribution in [2.75, 3.05) is 0 Å². The van der Waals surface area contributed by atoms with Gasteiger partial charge in [-0.15, -0.1) is 0 Å². The molecule has 0 aliphatic heterocycles. The van der Waals surface area contributed by atoms with E-state index in [0.29, 0.717) is 0 Å². The standard InChI is InChI=1S/C7H4BrF2NO2/c8-5-1-4(3-9)2-6(7(5)10)11(12)13/h1-2H,3H2. The Bertz CT molecular complexity index is 357. The normalized spacial score (nSPS) is 10.1. The van der Waals surface area contributed by atoms with Crippen LogP contribution in [0, 0.1) is 15.9 Å². The fourth-order valence-electron chi connectivity index (χ4n) is 0.839. The van der Waals surface area contributed by atoms with Gasteiger partial charge in [0.25, 0.3) is 0 Å². The van der Waals surface area contributed by atoms with Crippen molar-refractivity contribution in [2.45, 2.75) is 6.67 Å². The molecule has 0 heterocycles. The number of alkyl halides is 1. The molecule has 0 fully saturated rings. The van der Waals surface area contributed by atoms with Crippen molar-refractivity contribution in [2.24, 2.45) is 0 Å². The van der Waals surface area contributed by atoms with Gasteiger partial charge in [-0.05, 0) is 27.6 Å². The highest BCUT2D eigenvalue weighted by Gasteiger charge is 2.18. The number of hydrogen-bond acceptors (Lipinski definition) is 2. The van der Waals surface area contributed by atoms with Gasteiger partial charge in [0.15, 0.2) is 0 Å². The van der Waals surface area contributed by atoms with Crippen molar-refractivity contribution >= 4 is 21.6 Å². The molecule has 1 aromatic carbocycles. The molecule has 0 spiro atoms. The third kappa shape index (κ3) is 2.00. The number of benzene rings is 1. The summed E-state index contributed by atoms with van der Waals surface area (Å²) in [6, 6.07) is 2.04. The SMILES string of the molecule is O=[N+]([O-])c1cc(CF)cc(Br)c1F. The number of hydrogen-bond donors (Lipinski definition) is 0. The van der Waals surface area contributed by atoms with Crippen molar-refractivity contribution < 1.29 is 13.7 Å². The average molecular weight is 252 g/mol. The molecule has 1 rings (SSSR count). The van der Waals surface area contributed by atoms with Crippen LogP contribution in [0.2, 0.25) is 0 Å². The Balaban J connectivity index is 3.33. The van der Waals surface area contributed by atoms with E-state index in [0.717, 1.165) is 6.07 Å². The van der Waals surface area contributed by atoms with Crippen LogP contribution in [0.25, 0.3) is 0 Å². The maximum Gasteiger partial charge on any atom is 0.306 e. The molecule has 0 bridgehead atoms. The van der Waals surface area contributed by atoms with E-state index < -0.39 is 23.1 Å². The lowest BCUT2D eigenvalue weighted by molar-refractivity contribution is -0.387. The molecule has 0 saturated heterocycles. The summed E-state index contributed by atoms with van der Waals surface area (Å²) in [5.74, 6) is -0.984. The van der Waals surface area contributed by atoms with Gasteiger partial charge in [-0.2, -0.15) is 4.39 Å². The van der Waals surface area contributed by atoms with Gasteiger partial charge in [-0.1, -0.05) is 0 Å². The van der Waals surface area contributed by atoms with Crippen molar-refractivity contribution in [1.29, 1.82) is 0 Å². The van der Waals surface area contributed by atoms with E-state index >= 15 is 0 Å². The lowest BCUT2D eigenvalue weighted by Crippen LogP contribution is -1.95. The molecule has 13 heavy (non-hydrogen) atoms. The van der Waals surface area contributed by atoms with E-state index in [1.54, 1.807) is 0 Å². The molecule has 0 unspecified atom stereocenters. The Morgan fingerprint density at radius 3 is 2.62 bits per heavy atom. The van der Waals surface area contributed by atoms with Gasteiger partial charge in [-0.3, -0.25) is 10.1 Å². The molecule has 0 atom stereocenters. The summed E-state index contributed by atoms with van der Waals surface area (Å²) in [5.41, 5.74) is -0.651. The maximum atomic E-state index is 13.0. The Labute approximate surface area is 80.6 Å². The molecular formula is C7H4BrF2NO2. The number of rotatable bonds is 2. The summed E-state index contributed by atoms with van der Waals surface area (Å²) >= 11 is 2.76. The summed E-state index contributed by atoms with van der Waals surface area (Å²) in [4.78, 5) is 9.37. The Hall–Kier alpha value is -1.04. The molecule has 1 aromatic rings. The van der Waals surface area contributed by atoms with E-state index in [1.165, 1.54) is 6.07 Å². The quantitative estimate of drug-likeness (QED) is 0.599. The predicted octanol–water partition coefficient (Wildman–Crippen LogP) is 2.97. The lowest BCUT2D eigenvalue weighted by atomic mass is 10.2. The van der Waals surface area contributed by atoms with Crippen LogP contribution in [0.1, 0.15) is 5.56 Å². The van der Waals surface area contributed by atoms with Crippen LogP contribution >= 0.6 is 15.9 Å². The molecule has 0 N–H and O–H groups in total. The number of nitrogens with zero attached hydrogens (tertiary/aromatic N) is 1. The van der Waals surface area contributed by atoms with Crippen LogP contribution in [0.5, 0.6) is 0 Å². The number of halogens is 3. The van der Waals surface area contributed by atoms with Gasteiger partial charge in [-0.25, -0.2) is 4.39 Å². The second-order valence-corrected chi connectivity index (χ2v) is 3.16. The van der Waals surface area contributed by atoms with E-state index in [9.17, 15) is 18.9 Å². The smallest absolute Gasteiger partial charge is 0.258 e. The molecule has 0 amide bonds. The zero-order valence-corrected chi connectivity index (χ0v) is 7.85. The van der Waals surface area contributed by atoms with Crippen molar-refractivity contribution in [3.8, 4) is 0 Å². The highest BCUT2D eigenvalue weighted by molar-refractivity contribution is 9.10. The first-order valence-electron chi connectivity index (χ1n) is 3.24. The van der Waals surface area contributed by atoms with Crippen LogP contribution in [0.3, 0.4) is 0 Å². The Morgan fingerprint density at radius 1 is 1.54 bits per heavy atom. The average Bonchev–Trinajstić information content (AvgIpc) is 2.09. The van der Waals surface area contributed by atoms with Crippen LogP contribution in [-0.2, 0) is 6.67 Å². The topological polar surface area (TPSA) is 43.1 Å². The largest absolute Gasteiger partial charge is 0.306 e. The summed E-state index contributed by atoms with van der Waals surface area (Å²) in [5, 5.41) is 10.3. The predicted molar refractivity (Wildman–Crippen MR) is 45.6 cm³/mol. The highest BCUT2D eigenvalue weighted by Crippen LogP contribution is 2.27. The molecule has 0 aliphatic rings. The fourth-order valence-corrected chi connectivity index (χ4v) is 1.34. The molecular weight excluding hydrogens is 248 g/mol. The Morgan fingerprint density at radius 2 is 2.15 bits per heavy atom. The van der Waals surface area contributed by atoms with Crippen molar-refractivity contribution in [3.05, 3.63) is 38.1 Å². The van der Waals surface area contributed by atoms with Crippen LogP contribution in [0.15, 0.2) is 16.6 Å². The van der Waals surface area contributed by atoms with Crippen molar-refractivity contribution in [1.82, 2.24) is 0 Å². The molecule has 0 aliphatic carbocycles. The minimum atomic E-state index is -0.984. The van der Waals surface area contributed by atoms with Gasteiger partial charge < -0.3 is 0 Å².